The highest BCUT2D eigenvalue weighted by Crippen LogP contribution is 2.08. The Morgan fingerprint density at radius 2 is 2.23 bits per heavy atom. The summed E-state index contributed by atoms with van der Waals surface area (Å²) in [6.45, 7) is 3.96. The molecule has 1 aromatic heterocycles. The summed E-state index contributed by atoms with van der Waals surface area (Å²) in [5, 5.41) is 6.97. The van der Waals surface area contributed by atoms with Crippen molar-refractivity contribution in [2.75, 3.05) is 5.32 Å². The van der Waals surface area contributed by atoms with Crippen LogP contribution < -0.4 is 10.9 Å². The molecule has 0 saturated heterocycles. The van der Waals surface area contributed by atoms with E-state index in [0.717, 1.165) is 0 Å². The molecule has 1 aromatic rings. The van der Waals surface area contributed by atoms with Gasteiger partial charge in [0.2, 0.25) is 0 Å². The normalized spacial score (nSPS) is 10.5. The highest BCUT2D eigenvalue weighted by atomic mass is 79.9. The molecule has 72 valence electrons. The molecule has 0 spiro atoms. The first kappa shape index (κ1) is 10.2. The average Bonchev–Trinajstić information content (AvgIpc) is 1.98. The van der Waals surface area contributed by atoms with Crippen LogP contribution in [-0.4, -0.2) is 15.8 Å². The Balaban J connectivity index is 3.13. The van der Waals surface area contributed by atoms with Crippen molar-refractivity contribution in [3.8, 4) is 0 Å². The van der Waals surface area contributed by atoms with E-state index < -0.39 is 0 Å². The third-order valence-electron chi connectivity index (χ3n) is 1.48. The van der Waals surface area contributed by atoms with E-state index in [2.05, 4.69) is 26.3 Å². The maximum atomic E-state index is 11.5. The molecule has 0 aliphatic carbocycles. The van der Waals surface area contributed by atoms with Gasteiger partial charge in [0.25, 0.3) is 5.56 Å². The van der Waals surface area contributed by atoms with Crippen molar-refractivity contribution >= 4 is 21.6 Å². The van der Waals surface area contributed by atoms with Gasteiger partial charge in [-0.25, -0.2) is 4.68 Å². The van der Waals surface area contributed by atoms with Crippen LogP contribution in [0.15, 0.2) is 15.5 Å². The smallest absolute Gasteiger partial charge is 0.289 e. The van der Waals surface area contributed by atoms with E-state index in [4.69, 9.17) is 0 Å². The Morgan fingerprint density at radius 3 is 2.77 bits per heavy atom. The second-order valence-corrected chi connectivity index (χ2v) is 3.92. The molecule has 0 aliphatic heterocycles. The van der Waals surface area contributed by atoms with E-state index in [-0.39, 0.29) is 11.6 Å². The number of rotatable bonds is 2. The van der Waals surface area contributed by atoms with Crippen molar-refractivity contribution in [2.24, 2.45) is 7.05 Å². The summed E-state index contributed by atoms with van der Waals surface area (Å²) in [6.07, 6.45) is 0. The van der Waals surface area contributed by atoms with E-state index in [1.54, 1.807) is 13.1 Å². The van der Waals surface area contributed by atoms with Crippen LogP contribution in [0.3, 0.4) is 0 Å². The van der Waals surface area contributed by atoms with Crippen LogP contribution in [0.25, 0.3) is 0 Å². The summed E-state index contributed by atoms with van der Waals surface area (Å²) in [5.41, 5.74) is 0.455. The summed E-state index contributed by atoms with van der Waals surface area (Å²) in [6, 6.07) is 1.92. The van der Waals surface area contributed by atoms with Crippen molar-refractivity contribution in [3.05, 3.63) is 21.0 Å². The molecule has 0 radical (unpaired) electrons. The van der Waals surface area contributed by atoms with Crippen molar-refractivity contribution in [1.82, 2.24) is 9.78 Å². The van der Waals surface area contributed by atoms with E-state index in [1.807, 2.05) is 13.8 Å². The lowest BCUT2D eigenvalue weighted by molar-refractivity contribution is 0.696. The topological polar surface area (TPSA) is 46.9 Å². The first-order chi connectivity index (χ1) is 6.00. The van der Waals surface area contributed by atoms with Gasteiger partial charge in [0, 0.05) is 19.2 Å². The second kappa shape index (κ2) is 3.91. The number of hydrogen-bond acceptors (Lipinski definition) is 3. The summed E-state index contributed by atoms with van der Waals surface area (Å²) in [4.78, 5) is 11.5. The summed E-state index contributed by atoms with van der Waals surface area (Å²) < 4.78 is 1.95. The quantitative estimate of drug-likeness (QED) is 0.857. The lowest BCUT2D eigenvalue weighted by atomic mass is 10.3. The van der Waals surface area contributed by atoms with Crippen LogP contribution in [0.1, 0.15) is 13.8 Å². The Hall–Kier alpha value is -0.840. The number of halogens is 1. The minimum atomic E-state index is -0.114. The monoisotopic (exact) mass is 245 g/mol. The first-order valence-electron chi connectivity index (χ1n) is 4.01. The molecule has 0 amide bonds. The number of anilines is 1. The van der Waals surface area contributed by atoms with Gasteiger partial charge in [-0.1, -0.05) is 0 Å². The van der Waals surface area contributed by atoms with Crippen LogP contribution in [-0.2, 0) is 7.05 Å². The van der Waals surface area contributed by atoms with Crippen molar-refractivity contribution in [3.63, 3.8) is 0 Å². The van der Waals surface area contributed by atoms with Gasteiger partial charge in [0.1, 0.15) is 10.3 Å². The van der Waals surface area contributed by atoms with Gasteiger partial charge in [0.05, 0.1) is 0 Å². The highest BCUT2D eigenvalue weighted by Gasteiger charge is 2.04. The molecular formula is C8H12BrN3O. The summed E-state index contributed by atoms with van der Waals surface area (Å²) in [7, 11) is 1.62. The number of nitrogens with one attached hydrogen (secondary N) is 1. The standard InChI is InChI=1S/C8H12BrN3O/c1-5(2)10-6-4-7(9)11-12(3)8(6)13/h4-5,10H,1-3H3. The maximum absolute atomic E-state index is 11.5. The lowest BCUT2D eigenvalue weighted by Gasteiger charge is -2.09. The molecular weight excluding hydrogens is 234 g/mol. The zero-order valence-electron chi connectivity index (χ0n) is 7.84. The Morgan fingerprint density at radius 1 is 1.62 bits per heavy atom. The van der Waals surface area contributed by atoms with Crippen LogP contribution in [0.5, 0.6) is 0 Å². The molecule has 0 atom stereocenters. The molecule has 0 aromatic carbocycles. The fourth-order valence-corrected chi connectivity index (χ4v) is 1.45. The third kappa shape index (κ3) is 2.55. The minimum Gasteiger partial charge on any atom is -0.378 e. The molecule has 5 heteroatoms. The molecule has 13 heavy (non-hydrogen) atoms. The van der Waals surface area contributed by atoms with Gasteiger partial charge < -0.3 is 5.32 Å². The molecule has 1 rings (SSSR count). The molecule has 0 aliphatic rings. The van der Waals surface area contributed by atoms with E-state index in [9.17, 15) is 4.79 Å². The van der Waals surface area contributed by atoms with E-state index in [0.29, 0.717) is 10.3 Å². The molecule has 4 nitrogen and oxygen atoms in total. The van der Waals surface area contributed by atoms with Gasteiger partial charge in [-0.15, -0.1) is 0 Å². The molecule has 1 heterocycles. The van der Waals surface area contributed by atoms with Crippen LogP contribution in [0.2, 0.25) is 0 Å². The van der Waals surface area contributed by atoms with Gasteiger partial charge in [-0.05, 0) is 29.8 Å². The zero-order chi connectivity index (χ0) is 10.0. The second-order valence-electron chi connectivity index (χ2n) is 3.11. The molecule has 0 saturated carbocycles. The van der Waals surface area contributed by atoms with Crippen LogP contribution in [0, 0.1) is 0 Å². The van der Waals surface area contributed by atoms with Gasteiger partial charge in [-0.2, -0.15) is 5.10 Å². The predicted molar refractivity (Wildman–Crippen MR) is 55.9 cm³/mol. The van der Waals surface area contributed by atoms with Gasteiger partial charge >= 0.3 is 0 Å². The van der Waals surface area contributed by atoms with E-state index in [1.165, 1.54) is 4.68 Å². The van der Waals surface area contributed by atoms with E-state index >= 15 is 0 Å². The fourth-order valence-electron chi connectivity index (χ4n) is 0.987. The molecule has 0 unspecified atom stereocenters. The van der Waals surface area contributed by atoms with Crippen LogP contribution in [0.4, 0.5) is 5.69 Å². The van der Waals surface area contributed by atoms with Crippen molar-refractivity contribution in [1.29, 1.82) is 0 Å². The zero-order valence-corrected chi connectivity index (χ0v) is 9.42. The fraction of sp³-hybridized carbons (Fsp3) is 0.500. The number of aromatic nitrogens is 2. The van der Waals surface area contributed by atoms with Crippen molar-refractivity contribution < 1.29 is 0 Å². The van der Waals surface area contributed by atoms with Gasteiger partial charge in [-0.3, -0.25) is 4.79 Å². The highest BCUT2D eigenvalue weighted by molar-refractivity contribution is 9.10. The minimum absolute atomic E-state index is 0.114. The Labute approximate surface area is 85.1 Å². The SMILES string of the molecule is CC(C)Nc1cc(Br)nn(C)c1=O. The average molecular weight is 246 g/mol. The third-order valence-corrected chi connectivity index (χ3v) is 1.86. The Kier molecular flexibility index (Phi) is 3.08. The van der Waals surface area contributed by atoms with Crippen molar-refractivity contribution in [2.45, 2.75) is 19.9 Å². The number of aryl methyl sites for hydroxylation is 1. The predicted octanol–water partition coefficient (Wildman–Crippen LogP) is 1.36. The number of hydrogen-bond donors (Lipinski definition) is 1. The first-order valence-corrected chi connectivity index (χ1v) is 4.80. The molecule has 1 N–H and O–H groups in total. The largest absolute Gasteiger partial charge is 0.378 e. The Bertz CT molecular complexity index is 359. The molecule has 0 fully saturated rings. The molecule has 0 bridgehead atoms. The lowest BCUT2D eigenvalue weighted by Crippen LogP contribution is -2.25. The maximum Gasteiger partial charge on any atom is 0.289 e. The summed E-state index contributed by atoms with van der Waals surface area (Å²) >= 11 is 3.23. The van der Waals surface area contributed by atoms with Gasteiger partial charge in [0.15, 0.2) is 0 Å². The summed E-state index contributed by atoms with van der Waals surface area (Å²) in [5.74, 6) is 0. The van der Waals surface area contributed by atoms with Crippen LogP contribution >= 0.6 is 15.9 Å². The number of nitrogens with zero attached hydrogens (tertiary/aromatic N) is 2.